The van der Waals surface area contributed by atoms with E-state index < -0.39 is 0 Å². The van der Waals surface area contributed by atoms with Crippen molar-refractivity contribution in [3.63, 3.8) is 0 Å². The summed E-state index contributed by atoms with van der Waals surface area (Å²) in [6, 6.07) is 41.8. The van der Waals surface area contributed by atoms with Crippen molar-refractivity contribution in [2.75, 3.05) is 0 Å². The fourth-order valence-electron chi connectivity index (χ4n) is 4.34. The maximum Gasteiger partial charge on any atom is -0.00268 e. The van der Waals surface area contributed by atoms with E-state index in [1.165, 1.54) is 49.7 Å². The molecule has 0 fully saturated rings. The van der Waals surface area contributed by atoms with Crippen molar-refractivity contribution >= 4 is 10.8 Å². The van der Waals surface area contributed by atoms with E-state index in [1.54, 1.807) is 0 Å². The van der Waals surface area contributed by atoms with Crippen molar-refractivity contribution in [2.45, 2.75) is 19.8 Å². The van der Waals surface area contributed by atoms with Gasteiger partial charge in [-0.3, -0.25) is 0 Å². The average Bonchev–Trinajstić information content (AvgIpc) is 2.84. The van der Waals surface area contributed by atoms with Gasteiger partial charge >= 0.3 is 0 Å². The Morgan fingerprint density at radius 3 is 1.74 bits per heavy atom. The van der Waals surface area contributed by atoms with Crippen LogP contribution in [0.15, 0.2) is 115 Å². The second kappa shape index (κ2) is 8.24. The topological polar surface area (TPSA) is 0 Å². The molecule has 0 aliphatic heterocycles. The lowest BCUT2D eigenvalue weighted by Crippen LogP contribution is -1.89. The van der Waals surface area contributed by atoms with Crippen LogP contribution in [-0.4, -0.2) is 0 Å². The summed E-state index contributed by atoms with van der Waals surface area (Å²) < 4.78 is 0. The Balaban J connectivity index is 1.69. The van der Waals surface area contributed by atoms with Gasteiger partial charge in [-0.1, -0.05) is 123 Å². The summed E-state index contributed by atoms with van der Waals surface area (Å²) in [5.74, 6) is 0.551. The quantitative estimate of drug-likeness (QED) is 0.283. The van der Waals surface area contributed by atoms with Crippen molar-refractivity contribution in [2.24, 2.45) is 0 Å². The summed E-state index contributed by atoms with van der Waals surface area (Å²) in [5.41, 5.74) is 8.97. The second-order valence-electron chi connectivity index (χ2n) is 8.43. The first-order valence-electron chi connectivity index (χ1n) is 11.0. The van der Waals surface area contributed by atoms with Crippen LogP contribution >= 0.6 is 0 Å². The molecule has 0 radical (unpaired) electrons. The third kappa shape index (κ3) is 3.78. The molecule has 5 aromatic carbocycles. The fourth-order valence-corrected chi connectivity index (χ4v) is 4.34. The van der Waals surface area contributed by atoms with Gasteiger partial charge < -0.3 is 0 Å². The van der Waals surface area contributed by atoms with Crippen molar-refractivity contribution in [3.8, 4) is 33.4 Å². The fraction of sp³-hybridized carbons (Fsp3) is 0.0968. The van der Waals surface area contributed by atoms with Crippen LogP contribution in [0.1, 0.15) is 25.3 Å². The van der Waals surface area contributed by atoms with Gasteiger partial charge in [0.05, 0.1) is 0 Å². The van der Waals surface area contributed by atoms with E-state index >= 15 is 0 Å². The molecule has 150 valence electrons. The lowest BCUT2D eigenvalue weighted by Gasteiger charge is -2.15. The van der Waals surface area contributed by atoms with E-state index in [9.17, 15) is 0 Å². The van der Waals surface area contributed by atoms with Gasteiger partial charge in [0.25, 0.3) is 0 Å². The maximum atomic E-state index is 2.32. The molecule has 5 aromatic rings. The molecule has 0 spiro atoms. The lowest BCUT2D eigenvalue weighted by molar-refractivity contribution is 0.867. The number of hydrogen-bond acceptors (Lipinski definition) is 0. The molecule has 0 bridgehead atoms. The minimum absolute atomic E-state index is 0.551. The van der Waals surface area contributed by atoms with Gasteiger partial charge in [0.1, 0.15) is 0 Å². The van der Waals surface area contributed by atoms with Crippen molar-refractivity contribution in [3.05, 3.63) is 121 Å². The molecule has 0 heteroatoms. The van der Waals surface area contributed by atoms with Crippen LogP contribution in [-0.2, 0) is 0 Å². The van der Waals surface area contributed by atoms with E-state index in [1.807, 2.05) is 0 Å². The van der Waals surface area contributed by atoms with Gasteiger partial charge in [-0.25, -0.2) is 0 Å². The predicted molar refractivity (Wildman–Crippen MR) is 134 cm³/mol. The molecule has 0 aromatic heterocycles. The zero-order valence-corrected chi connectivity index (χ0v) is 18.0. The summed E-state index contributed by atoms with van der Waals surface area (Å²) in [4.78, 5) is 0. The Morgan fingerprint density at radius 1 is 0.484 bits per heavy atom. The summed E-state index contributed by atoms with van der Waals surface area (Å²) >= 11 is 0. The highest BCUT2D eigenvalue weighted by Crippen LogP contribution is 2.39. The number of fused-ring (bicyclic) bond motifs is 1. The van der Waals surface area contributed by atoms with Crippen molar-refractivity contribution in [1.29, 1.82) is 0 Å². The first kappa shape index (κ1) is 19.3. The standard InChI is InChI=1S/C31H26/c1-22(2)23-13-15-24(16-14-23)27-17-19-30-28(21-27)18-20-29(25-9-5-3-6-10-25)31(30)26-11-7-4-8-12-26/h3-22H,1-2H3. The first-order valence-corrected chi connectivity index (χ1v) is 11.0. The van der Waals surface area contributed by atoms with E-state index in [0.717, 1.165) is 0 Å². The van der Waals surface area contributed by atoms with Crippen LogP contribution in [0.3, 0.4) is 0 Å². The number of benzene rings is 5. The highest BCUT2D eigenvalue weighted by atomic mass is 14.2. The monoisotopic (exact) mass is 398 g/mol. The molecular weight excluding hydrogens is 372 g/mol. The minimum Gasteiger partial charge on any atom is -0.0622 e. The van der Waals surface area contributed by atoms with E-state index in [0.29, 0.717) is 5.92 Å². The van der Waals surface area contributed by atoms with Gasteiger partial charge in [0.2, 0.25) is 0 Å². The average molecular weight is 399 g/mol. The molecule has 0 N–H and O–H groups in total. The van der Waals surface area contributed by atoms with Gasteiger partial charge in [-0.05, 0) is 61.7 Å². The number of hydrogen-bond donors (Lipinski definition) is 0. The molecule has 0 unspecified atom stereocenters. The van der Waals surface area contributed by atoms with Crippen LogP contribution in [0.5, 0.6) is 0 Å². The van der Waals surface area contributed by atoms with Crippen LogP contribution in [0, 0.1) is 0 Å². The molecule has 0 aliphatic carbocycles. The SMILES string of the molecule is CC(C)c1ccc(-c2ccc3c(-c4ccccc4)c(-c4ccccc4)ccc3c2)cc1. The Bertz CT molecular complexity index is 1310. The van der Waals surface area contributed by atoms with Crippen molar-refractivity contribution < 1.29 is 0 Å². The van der Waals surface area contributed by atoms with Crippen LogP contribution in [0.2, 0.25) is 0 Å². The Morgan fingerprint density at radius 2 is 1.10 bits per heavy atom. The Labute approximate surface area is 184 Å². The van der Waals surface area contributed by atoms with Crippen molar-refractivity contribution in [1.82, 2.24) is 0 Å². The molecule has 0 aliphatic rings. The second-order valence-corrected chi connectivity index (χ2v) is 8.43. The molecule has 0 saturated carbocycles. The largest absolute Gasteiger partial charge is 0.0622 e. The van der Waals surface area contributed by atoms with E-state index in [4.69, 9.17) is 0 Å². The van der Waals surface area contributed by atoms with Gasteiger partial charge in [-0.15, -0.1) is 0 Å². The zero-order chi connectivity index (χ0) is 21.2. The smallest absolute Gasteiger partial charge is 0.00268 e. The first-order chi connectivity index (χ1) is 15.2. The van der Waals surface area contributed by atoms with Crippen LogP contribution in [0.25, 0.3) is 44.2 Å². The zero-order valence-electron chi connectivity index (χ0n) is 18.0. The third-order valence-corrected chi connectivity index (χ3v) is 6.08. The van der Waals surface area contributed by atoms with Gasteiger partial charge in [0.15, 0.2) is 0 Å². The Hall–Kier alpha value is -3.64. The minimum atomic E-state index is 0.551. The molecule has 0 heterocycles. The summed E-state index contributed by atoms with van der Waals surface area (Å²) in [6.07, 6.45) is 0. The molecule has 5 rings (SSSR count). The summed E-state index contributed by atoms with van der Waals surface area (Å²) in [6.45, 7) is 4.47. The predicted octanol–water partition coefficient (Wildman–Crippen LogP) is 8.96. The van der Waals surface area contributed by atoms with Crippen LogP contribution < -0.4 is 0 Å². The molecular formula is C31H26. The molecule has 0 nitrogen and oxygen atoms in total. The molecule has 0 amide bonds. The Kier molecular flexibility index (Phi) is 5.14. The highest BCUT2D eigenvalue weighted by Gasteiger charge is 2.12. The normalized spacial score (nSPS) is 11.2. The lowest BCUT2D eigenvalue weighted by atomic mass is 9.88. The summed E-state index contributed by atoms with van der Waals surface area (Å²) in [7, 11) is 0. The van der Waals surface area contributed by atoms with E-state index in [2.05, 4.69) is 129 Å². The molecule has 0 saturated heterocycles. The third-order valence-electron chi connectivity index (χ3n) is 6.08. The molecule has 0 atom stereocenters. The molecule has 31 heavy (non-hydrogen) atoms. The van der Waals surface area contributed by atoms with Gasteiger partial charge in [0, 0.05) is 0 Å². The number of rotatable bonds is 4. The highest BCUT2D eigenvalue weighted by molar-refractivity contribution is 6.05. The summed E-state index contributed by atoms with van der Waals surface area (Å²) in [5, 5.41) is 2.55. The maximum absolute atomic E-state index is 2.32. The van der Waals surface area contributed by atoms with E-state index in [-0.39, 0.29) is 0 Å². The van der Waals surface area contributed by atoms with Crippen LogP contribution in [0.4, 0.5) is 0 Å². The van der Waals surface area contributed by atoms with Gasteiger partial charge in [-0.2, -0.15) is 0 Å².